The number of hydrogen-bond donors (Lipinski definition) is 0. The lowest BCUT2D eigenvalue weighted by molar-refractivity contribution is -0.125. The topological polar surface area (TPSA) is 74.8 Å². The third-order valence-corrected chi connectivity index (χ3v) is 4.14. The first kappa shape index (κ1) is 13.2. The Morgan fingerprint density at radius 2 is 1.22 bits per heavy atom. The Morgan fingerprint density at radius 1 is 0.833 bits per heavy atom. The summed E-state index contributed by atoms with van der Waals surface area (Å²) in [4.78, 5) is 47.3. The van der Waals surface area contributed by atoms with E-state index in [-0.39, 0.29) is 46.9 Å². The maximum atomic E-state index is 11.3. The van der Waals surface area contributed by atoms with Gasteiger partial charge in [0.15, 0.2) is 0 Å². The monoisotopic (exact) mass is 286 g/mol. The fraction of sp³-hybridized carbons (Fsp3) is 0.400. The minimum absolute atomic E-state index is 0.187. The normalized spacial score (nSPS) is 20.9. The number of hydrogen-bond acceptors (Lipinski definition) is 6. The van der Waals surface area contributed by atoms with Crippen LogP contribution >= 0.6 is 23.5 Å². The summed E-state index contributed by atoms with van der Waals surface area (Å²) in [6, 6.07) is 0. The van der Waals surface area contributed by atoms with Gasteiger partial charge in [0.05, 0.1) is 11.5 Å². The van der Waals surface area contributed by atoms with Crippen molar-refractivity contribution in [3.63, 3.8) is 0 Å². The van der Waals surface area contributed by atoms with E-state index in [4.69, 9.17) is 0 Å². The molecule has 4 amide bonds. The molecule has 2 rings (SSSR count). The van der Waals surface area contributed by atoms with Gasteiger partial charge in [-0.05, 0) is 0 Å². The second-order valence-electron chi connectivity index (χ2n) is 3.59. The lowest BCUT2D eigenvalue weighted by Gasteiger charge is -2.11. The maximum absolute atomic E-state index is 11.3. The molecule has 2 saturated heterocycles. The number of carbonyl (C=O) groups excluding carboxylic acids is 4. The van der Waals surface area contributed by atoms with Crippen LogP contribution in [0.25, 0.3) is 0 Å². The molecule has 18 heavy (non-hydrogen) atoms. The van der Waals surface area contributed by atoms with Gasteiger partial charge < -0.3 is 0 Å². The highest BCUT2D eigenvalue weighted by molar-refractivity contribution is 8.15. The molecule has 8 heteroatoms. The summed E-state index contributed by atoms with van der Waals surface area (Å²) in [6.07, 6.45) is 3.23. The van der Waals surface area contributed by atoms with Gasteiger partial charge in [0.2, 0.25) is 11.8 Å². The first-order valence-electron chi connectivity index (χ1n) is 5.19. The molecule has 6 nitrogen and oxygen atoms in total. The third-order valence-electron chi connectivity index (χ3n) is 2.42. The van der Waals surface area contributed by atoms with E-state index in [9.17, 15) is 19.2 Å². The van der Waals surface area contributed by atoms with Crippen molar-refractivity contribution in [2.24, 2.45) is 0 Å². The molecule has 96 valence electrons. The fourth-order valence-corrected chi connectivity index (χ4v) is 2.94. The second kappa shape index (κ2) is 5.57. The van der Waals surface area contributed by atoms with Gasteiger partial charge in [-0.1, -0.05) is 35.7 Å². The van der Waals surface area contributed by atoms with E-state index in [0.29, 0.717) is 0 Å². The van der Waals surface area contributed by atoms with E-state index in [1.807, 2.05) is 0 Å². The summed E-state index contributed by atoms with van der Waals surface area (Å²) >= 11 is 1.96. The van der Waals surface area contributed by atoms with E-state index >= 15 is 0 Å². The quantitative estimate of drug-likeness (QED) is 0.716. The van der Waals surface area contributed by atoms with Crippen LogP contribution in [-0.2, 0) is 9.59 Å². The highest BCUT2D eigenvalue weighted by atomic mass is 32.2. The van der Waals surface area contributed by atoms with Gasteiger partial charge in [-0.15, -0.1) is 0 Å². The van der Waals surface area contributed by atoms with Crippen LogP contribution in [0, 0.1) is 0 Å². The lowest BCUT2D eigenvalue weighted by Crippen LogP contribution is -2.30. The van der Waals surface area contributed by atoms with E-state index < -0.39 is 0 Å². The maximum Gasteiger partial charge on any atom is 0.289 e. The molecule has 0 bridgehead atoms. The molecule has 0 aromatic rings. The van der Waals surface area contributed by atoms with Crippen molar-refractivity contribution in [2.45, 2.75) is 0 Å². The molecule has 0 unspecified atom stereocenters. The van der Waals surface area contributed by atoms with Crippen LogP contribution in [0.3, 0.4) is 0 Å². The molecule has 0 aromatic heterocycles. The molecule has 0 aromatic carbocycles. The number of imide groups is 2. The molecule has 0 radical (unpaired) electrons. The Labute approximate surface area is 112 Å². The first-order chi connectivity index (χ1) is 8.59. The van der Waals surface area contributed by atoms with Gasteiger partial charge in [-0.25, -0.2) is 0 Å². The van der Waals surface area contributed by atoms with E-state index in [2.05, 4.69) is 0 Å². The van der Waals surface area contributed by atoms with Crippen LogP contribution < -0.4 is 0 Å². The van der Waals surface area contributed by atoms with Crippen LogP contribution in [0.2, 0.25) is 0 Å². The highest BCUT2D eigenvalue weighted by Gasteiger charge is 2.29. The summed E-state index contributed by atoms with van der Waals surface area (Å²) in [5.74, 6) is -0.0456. The van der Waals surface area contributed by atoms with Gasteiger partial charge in [0, 0.05) is 13.1 Å². The Balaban J connectivity index is 1.82. The van der Waals surface area contributed by atoms with Gasteiger partial charge in [0.1, 0.15) is 0 Å². The minimum Gasteiger partial charge on any atom is -0.273 e. The predicted octanol–water partition coefficient (Wildman–Crippen LogP) is 0.933. The molecule has 2 fully saturated rings. The molecule has 2 heterocycles. The van der Waals surface area contributed by atoms with Crippen LogP contribution in [0.4, 0.5) is 9.59 Å². The van der Waals surface area contributed by atoms with Crippen molar-refractivity contribution in [1.82, 2.24) is 9.80 Å². The van der Waals surface area contributed by atoms with Crippen molar-refractivity contribution in [3.8, 4) is 0 Å². The van der Waals surface area contributed by atoms with Crippen molar-refractivity contribution in [2.75, 3.05) is 24.6 Å². The molecular weight excluding hydrogens is 276 g/mol. The van der Waals surface area contributed by atoms with Crippen molar-refractivity contribution < 1.29 is 19.2 Å². The van der Waals surface area contributed by atoms with Crippen LogP contribution in [0.1, 0.15) is 0 Å². The third kappa shape index (κ3) is 2.75. The lowest BCUT2D eigenvalue weighted by atomic mass is 10.4. The number of thioether (sulfide) groups is 2. The van der Waals surface area contributed by atoms with Crippen LogP contribution in [0.15, 0.2) is 12.2 Å². The van der Waals surface area contributed by atoms with E-state index in [1.165, 1.54) is 0 Å². The Bertz CT molecular complexity index is 377. The zero-order chi connectivity index (χ0) is 13.1. The largest absolute Gasteiger partial charge is 0.289 e. The molecule has 2 aliphatic rings. The molecule has 0 atom stereocenters. The standard InChI is InChI=1S/C10H10N2O4S2/c13-7-5-17-9(15)11(7)3-1-2-4-12-8(14)6-18-10(12)16/h1-2H,3-6H2/b2-1+. The predicted molar refractivity (Wildman–Crippen MR) is 68.3 cm³/mol. The molecule has 2 aliphatic heterocycles. The summed E-state index contributed by atoms with van der Waals surface area (Å²) in [7, 11) is 0. The van der Waals surface area contributed by atoms with E-state index in [1.54, 1.807) is 12.2 Å². The first-order valence-corrected chi connectivity index (χ1v) is 7.16. The van der Waals surface area contributed by atoms with Gasteiger partial charge in [0.25, 0.3) is 10.5 Å². The van der Waals surface area contributed by atoms with Crippen LogP contribution in [-0.4, -0.2) is 56.7 Å². The Hall–Kier alpha value is -1.28. The van der Waals surface area contributed by atoms with Crippen LogP contribution in [0.5, 0.6) is 0 Å². The van der Waals surface area contributed by atoms with Gasteiger partial charge in [-0.3, -0.25) is 29.0 Å². The summed E-state index contributed by atoms with van der Waals surface area (Å²) in [5, 5.41) is -0.512. The van der Waals surface area contributed by atoms with Crippen molar-refractivity contribution in [3.05, 3.63) is 12.2 Å². The summed E-state index contributed by atoms with van der Waals surface area (Å²) in [6.45, 7) is 0.377. The average molecular weight is 286 g/mol. The number of amides is 4. The van der Waals surface area contributed by atoms with Gasteiger partial charge >= 0.3 is 0 Å². The molecular formula is C10H10N2O4S2. The Morgan fingerprint density at radius 3 is 1.50 bits per heavy atom. The molecule has 0 N–H and O–H groups in total. The van der Waals surface area contributed by atoms with Gasteiger partial charge in [-0.2, -0.15) is 0 Å². The molecule has 0 spiro atoms. The minimum atomic E-state index is -0.256. The second-order valence-corrected chi connectivity index (χ2v) is 5.44. The van der Waals surface area contributed by atoms with Crippen molar-refractivity contribution in [1.29, 1.82) is 0 Å². The zero-order valence-corrected chi connectivity index (χ0v) is 11.0. The SMILES string of the molecule is O=C1CSC(=O)N1C/C=C/CN1C(=O)CSC1=O. The smallest absolute Gasteiger partial charge is 0.273 e. The molecule has 0 saturated carbocycles. The molecule has 0 aliphatic carbocycles. The zero-order valence-electron chi connectivity index (χ0n) is 9.33. The average Bonchev–Trinajstić information content (AvgIpc) is 2.82. The summed E-state index contributed by atoms with van der Waals surface area (Å²) in [5.41, 5.74) is 0. The Kier molecular flexibility index (Phi) is 4.07. The fourth-order valence-electron chi connectivity index (χ4n) is 1.47. The summed E-state index contributed by atoms with van der Waals surface area (Å²) < 4.78 is 0. The van der Waals surface area contributed by atoms with Crippen molar-refractivity contribution >= 4 is 45.8 Å². The number of carbonyl (C=O) groups is 4. The highest BCUT2D eigenvalue weighted by Crippen LogP contribution is 2.19. The number of rotatable bonds is 4. The number of nitrogens with zero attached hydrogens (tertiary/aromatic N) is 2. The van der Waals surface area contributed by atoms with E-state index in [0.717, 1.165) is 33.3 Å².